The van der Waals surface area contributed by atoms with Gasteiger partial charge in [-0.2, -0.15) is 0 Å². The fraction of sp³-hybridized carbons (Fsp3) is 0.647. The van der Waals surface area contributed by atoms with E-state index < -0.39 is 0 Å². The molecular weight excluding hydrogens is 264 g/mol. The van der Waals surface area contributed by atoms with Crippen LogP contribution in [0.2, 0.25) is 0 Å². The molecule has 0 aromatic heterocycles. The highest BCUT2D eigenvalue weighted by Crippen LogP contribution is 2.29. The van der Waals surface area contributed by atoms with E-state index in [1.54, 1.807) is 14.2 Å². The Hall–Kier alpha value is -1.26. The second-order valence-electron chi connectivity index (χ2n) is 6.02. The lowest BCUT2D eigenvalue weighted by molar-refractivity contribution is 0.235. The molecule has 1 aromatic rings. The summed E-state index contributed by atoms with van der Waals surface area (Å²) < 4.78 is 10.7. The minimum Gasteiger partial charge on any atom is -0.493 e. The van der Waals surface area contributed by atoms with Crippen molar-refractivity contribution in [1.29, 1.82) is 0 Å². The van der Waals surface area contributed by atoms with E-state index in [1.165, 1.54) is 24.9 Å². The van der Waals surface area contributed by atoms with E-state index in [1.807, 2.05) is 6.07 Å². The molecule has 0 radical (unpaired) electrons. The van der Waals surface area contributed by atoms with Gasteiger partial charge in [-0.15, -0.1) is 0 Å². The third kappa shape index (κ3) is 4.35. The van der Waals surface area contributed by atoms with Gasteiger partial charge in [0.2, 0.25) is 0 Å². The summed E-state index contributed by atoms with van der Waals surface area (Å²) >= 11 is 0. The van der Waals surface area contributed by atoms with Gasteiger partial charge in [-0.3, -0.25) is 4.90 Å². The van der Waals surface area contributed by atoms with Crippen LogP contribution in [-0.2, 0) is 6.54 Å². The van der Waals surface area contributed by atoms with Crippen LogP contribution < -0.4 is 14.8 Å². The second kappa shape index (κ2) is 7.66. The summed E-state index contributed by atoms with van der Waals surface area (Å²) in [5.41, 5.74) is 1.28. The highest BCUT2D eigenvalue weighted by Gasteiger charge is 2.24. The van der Waals surface area contributed by atoms with Crippen molar-refractivity contribution >= 4 is 0 Å². The highest BCUT2D eigenvalue weighted by molar-refractivity contribution is 5.42. The number of likely N-dealkylation sites (tertiary alicyclic amines) is 1. The average Bonchev–Trinajstić information content (AvgIpc) is 2.92. The largest absolute Gasteiger partial charge is 0.493 e. The van der Waals surface area contributed by atoms with E-state index in [9.17, 15) is 0 Å². The number of nitrogens with zero attached hydrogens (tertiary/aromatic N) is 1. The number of hydrogen-bond acceptors (Lipinski definition) is 4. The minimum atomic E-state index is 0.550. The van der Waals surface area contributed by atoms with Gasteiger partial charge < -0.3 is 14.8 Å². The third-order valence-corrected chi connectivity index (χ3v) is 4.09. The van der Waals surface area contributed by atoms with Crippen molar-refractivity contribution in [2.24, 2.45) is 0 Å². The maximum atomic E-state index is 5.39. The van der Waals surface area contributed by atoms with Crippen LogP contribution in [0.15, 0.2) is 18.2 Å². The third-order valence-electron chi connectivity index (χ3n) is 4.09. The predicted molar refractivity (Wildman–Crippen MR) is 86.1 cm³/mol. The quantitative estimate of drug-likeness (QED) is 0.838. The number of methoxy groups -OCH3 is 2. The van der Waals surface area contributed by atoms with Gasteiger partial charge >= 0.3 is 0 Å². The van der Waals surface area contributed by atoms with E-state index in [0.29, 0.717) is 12.1 Å². The van der Waals surface area contributed by atoms with Crippen LogP contribution >= 0.6 is 0 Å². The molecule has 118 valence electrons. The highest BCUT2D eigenvalue weighted by atomic mass is 16.5. The molecule has 1 aliphatic rings. The van der Waals surface area contributed by atoms with Crippen molar-refractivity contribution in [3.05, 3.63) is 23.8 Å². The summed E-state index contributed by atoms with van der Waals surface area (Å²) in [6.45, 7) is 7.63. The van der Waals surface area contributed by atoms with Crippen molar-refractivity contribution in [3.8, 4) is 11.5 Å². The molecule has 1 aliphatic heterocycles. The van der Waals surface area contributed by atoms with Crippen LogP contribution in [0.5, 0.6) is 11.5 Å². The van der Waals surface area contributed by atoms with Gasteiger partial charge in [0.25, 0.3) is 0 Å². The zero-order chi connectivity index (χ0) is 15.2. The molecule has 1 fully saturated rings. The Morgan fingerprint density at radius 2 is 2.00 bits per heavy atom. The zero-order valence-electron chi connectivity index (χ0n) is 13.7. The molecule has 1 aromatic carbocycles. The Kier molecular flexibility index (Phi) is 5.88. The van der Waals surface area contributed by atoms with Crippen molar-refractivity contribution < 1.29 is 9.47 Å². The standard InChI is InChI=1S/C17H28N2O2/c1-13(2)18-11-15-6-5-9-19(15)12-14-7-8-16(20-3)17(10-14)21-4/h7-8,10,13,15,18H,5-6,9,11-12H2,1-4H3. The molecule has 0 aliphatic carbocycles. The molecule has 21 heavy (non-hydrogen) atoms. The van der Waals surface area contributed by atoms with E-state index in [-0.39, 0.29) is 0 Å². The number of hydrogen-bond donors (Lipinski definition) is 1. The SMILES string of the molecule is COc1ccc(CN2CCCC2CNC(C)C)cc1OC. The number of ether oxygens (including phenoxy) is 2. The van der Waals surface area contributed by atoms with E-state index in [0.717, 1.165) is 24.6 Å². The lowest BCUT2D eigenvalue weighted by Gasteiger charge is -2.26. The van der Waals surface area contributed by atoms with Gasteiger partial charge in [0, 0.05) is 25.2 Å². The molecule has 4 nitrogen and oxygen atoms in total. The monoisotopic (exact) mass is 292 g/mol. The molecular formula is C17H28N2O2. The molecule has 0 amide bonds. The summed E-state index contributed by atoms with van der Waals surface area (Å²) in [5, 5.41) is 3.56. The summed E-state index contributed by atoms with van der Waals surface area (Å²) in [6, 6.07) is 7.40. The van der Waals surface area contributed by atoms with E-state index in [2.05, 4.69) is 36.2 Å². The summed E-state index contributed by atoms with van der Waals surface area (Å²) in [7, 11) is 3.36. The van der Waals surface area contributed by atoms with Crippen LogP contribution in [0, 0.1) is 0 Å². The van der Waals surface area contributed by atoms with Gasteiger partial charge in [-0.1, -0.05) is 19.9 Å². The summed E-state index contributed by atoms with van der Waals surface area (Å²) in [4.78, 5) is 2.57. The maximum Gasteiger partial charge on any atom is 0.161 e. The van der Waals surface area contributed by atoms with Crippen molar-refractivity contribution in [3.63, 3.8) is 0 Å². The summed E-state index contributed by atoms with van der Waals surface area (Å²) in [5.74, 6) is 1.60. The fourth-order valence-corrected chi connectivity index (χ4v) is 2.92. The lowest BCUT2D eigenvalue weighted by Crippen LogP contribution is -2.39. The maximum absolute atomic E-state index is 5.39. The molecule has 0 saturated carbocycles. The number of benzene rings is 1. The first-order chi connectivity index (χ1) is 10.1. The van der Waals surface area contributed by atoms with Crippen LogP contribution in [0.3, 0.4) is 0 Å². The van der Waals surface area contributed by atoms with Crippen LogP contribution in [0.1, 0.15) is 32.3 Å². The zero-order valence-corrected chi connectivity index (χ0v) is 13.7. The van der Waals surface area contributed by atoms with Gasteiger partial charge in [0.05, 0.1) is 14.2 Å². The molecule has 0 spiro atoms. The normalized spacial score (nSPS) is 19.2. The molecule has 2 rings (SSSR count). The first kappa shape index (κ1) is 16.1. The number of nitrogens with one attached hydrogen (secondary N) is 1. The Balaban J connectivity index is 1.99. The fourth-order valence-electron chi connectivity index (χ4n) is 2.92. The molecule has 1 saturated heterocycles. The molecule has 1 N–H and O–H groups in total. The van der Waals surface area contributed by atoms with Crippen molar-refractivity contribution in [2.45, 2.75) is 45.3 Å². The van der Waals surface area contributed by atoms with Gasteiger partial charge in [0.1, 0.15) is 0 Å². The van der Waals surface area contributed by atoms with Crippen molar-refractivity contribution in [1.82, 2.24) is 10.2 Å². The average molecular weight is 292 g/mol. The molecule has 1 unspecified atom stereocenters. The summed E-state index contributed by atoms with van der Waals surface area (Å²) in [6.07, 6.45) is 2.57. The molecule has 4 heteroatoms. The Bertz CT molecular complexity index is 448. The van der Waals surface area contributed by atoms with Crippen LogP contribution in [0.25, 0.3) is 0 Å². The minimum absolute atomic E-state index is 0.550. The molecule has 1 atom stereocenters. The van der Waals surface area contributed by atoms with Gasteiger partial charge in [-0.05, 0) is 37.1 Å². The topological polar surface area (TPSA) is 33.7 Å². The van der Waals surface area contributed by atoms with Crippen LogP contribution in [-0.4, -0.2) is 44.3 Å². The van der Waals surface area contributed by atoms with Crippen molar-refractivity contribution in [2.75, 3.05) is 27.3 Å². The van der Waals surface area contributed by atoms with Gasteiger partial charge in [0.15, 0.2) is 11.5 Å². The Morgan fingerprint density at radius 1 is 1.24 bits per heavy atom. The van der Waals surface area contributed by atoms with E-state index >= 15 is 0 Å². The van der Waals surface area contributed by atoms with E-state index in [4.69, 9.17) is 9.47 Å². The first-order valence-electron chi connectivity index (χ1n) is 7.82. The second-order valence-corrected chi connectivity index (χ2v) is 6.02. The smallest absolute Gasteiger partial charge is 0.161 e. The molecule has 0 bridgehead atoms. The Morgan fingerprint density at radius 3 is 2.67 bits per heavy atom. The first-order valence-corrected chi connectivity index (χ1v) is 7.82. The van der Waals surface area contributed by atoms with Gasteiger partial charge in [-0.25, -0.2) is 0 Å². The molecule has 1 heterocycles. The lowest BCUT2D eigenvalue weighted by atomic mass is 10.1. The number of rotatable bonds is 7. The van der Waals surface area contributed by atoms with Crippen LogP contribution in [0.4, 0.5) is 0 Å². The Labute approximate surface area is 128 Å². The predicted octanol–water partition coefficient (Wildman–Crippen LogP) is 2.67.